The first-order valence-electron chi connectivity index (χ1n) is 3.33. The van der Waals surface area contributed by atoms with Gasteiger partial charge in [0.1, 0.15) is 0 Å². The summed E-state index contributed by atoms with van der Waals surface area (Å²) < 4.78 is 0. The summed E-state index contributed by atoms with van der Waals surface area (Å²) in [6, 6.07) is 11.1. The van der Waals surface area contributed by atoms with Crippen molar-refractivity contribution in [1.82, 2.24) is 0 Å². The lowest BCUT2D eigenvalue weighted by molar-refractivity contribution is 0.318. The maximum atomic E-state index is 8.53. The maximum absolute atomic E-state index is 8.53. The normalized spacial score (nSPS) is 9.70. The molecule has 0 aliphatic rings. The second-order valence-electron chi connectivity index (χ2n) is 2.02. The fourth-order valence-corrected chi connectivity index (χ4v) is 1.58. The molecule has 0 bridgehead atoms. The number of hydrogen-bond acceptors (Lipinski definition) is 1. The summed E-state index contributed by atoms with van der Waals surface area (Å²) >= 11 is 0. The average molecular weight is 150 g/mol. The highest BCUT2D eigenvalue weighted by Gasteiger charge is 1.89. The molecule has 0 atom stereocenters. The molecule has 10 heavy (non-hydrogen) atoms. The molecule has 2 heteroatoms. The van der Waals surface area contributed by atoms with E-state index in [0.717, 1.165) is 15.6 Å². The second-order valence-corrected chi connectivity index (χ2v) is 3.45. The highest BCUT2D eigenvalue weighted by molar-refractivity contribution is 6.53. The van der Waals surface area contributed by atoms with Crippen molar-refractivity contribution in [3.05, 3.63) is 30.3 Å². The SMILES string of the molecule is OCC[Si]c1ccccc1. The Kier molecular flexibility index (Phi) is 3.19. The third kappa shape index (κ3) is 2.33. The van der Waals surface area contributed by atoms with Gasteiger partial charge in [0.25, 0.3) is 0 Å². The van der Waals surface area contributed by atoms with Crippen LogP contribution in [0.25, 0.3) is 0 Å². The fraction of sp³-hybridized carbons (Fsp3) is 0.250. The van der Waals surface area contributed by atoms with Crippen LogP contribution >= 0.6 is 0 Å². The molecule has 1 nitrogen and oxygen atoms in total. The van der Waals surface area contributed by atoms with Crippen molar-refractivity contribution in [2.24, 2.45) is 0 Å². The second kappa shape index (κ2) is 4.25. The van der Waals surface area contributed by atoms with Crippen molar-refractivity contribution in [3.63, 3.8) is 0 Å². The van der Waals surface area contributed by atoms with Crippen LogP contribution < -0.4 is 5.19 Å². The van der Waals surface area contributed by atoms with Crippen molar-refractivity contribution in [3.8, 4) is 0 Å². The molecule has 1 rings (SSSR count). The van der Waals surface area contributed by atoms with Gasteiger partial charge in [-0.25, -0.2) is 0 Å². The monoisotopic (exact) mass is 150 g/mol. The van der Waals surface area contributed by atoms with E-state index in [9.17, 15) is 0 Å². The van der Waals surface area contributed by atoms with Crippen LogP contribution in [0.15, 0.2) is 30.3 Å². The largest absolute Gasteiger partial charge is 0.397 e. The van der Waals surface area contributed by atoms with E-state index in [4.69, 9.17) is 5.11 Å². The summed E-state index contributed by atoms with van der Waals surface area (Å²) in [4.78, 5) is 0. The van der Waals surface area contributed by atoms with Crippen molar-refractivity contribution in [2.45, 2.75) is 6.04 Å². The lowest BCUT2D eigenvalue weighted by atomic mass is 10.4. The van der Waals surface area contributed by atoms with Gasteiger partial charge < -0.3 is 5.11 Å². The van der Waals surface area contributed by atoms with Crippen LogP contribution in [0.5, 0.6) is 0 Å². The number of benzene rings is 1. The molecule has 0 aliphatic carbocycles. The van der Waals surface area contributed by atoms with E-state index in [2.05, 4.69) is 12.1 Å². The molecule has 2 radical (unpaired) electrons. The predicted molar refractivity (Wildman–Crippen MR) is 43.7 cm³/mol. The molecule has 0 fully saturated rings. The van der Waals surface area contributed by atoms with Gasteiger partial charge in [-0.05, 0) is 6.04 Å². The predicted octanol–water partition coefficient (Wildman–Crippen LogP) is 0.427. The first-order valence-corrected chi connectivity index (χ1v) is 4.54. The molecule has 1 aromatic rings. The Hall–Kier alpha value is -0.603. The number of rotatable bonds is 3. The summed E-state index contributed by atoms with van der Waals surface area (Å²) in [6.45, 7) is 0.299. The summed E-state index contributed by atoms with van der Waals surface area (Å²) in [5, 5.41) is 9.86. The highest BCUT2D eigenvalue weighted by Crippen LogP contribution is 1.83. The summed E-state index contributed by atoms with van der Waals surface area (Å²) in [6.07, 6.45) is 0. The van der Waals surface area contributed by atoms with Crippen LogP contribution in [0.3, 0.4) is 0 Å². The molecule has 0 saturated heterocycles. The molecule has 1 N–H and O–H groups in total. The van der Waals surface area contributed by atoms with Crippen LogP contribution in [0, 0.1) is 0 Å². The molecule has 0 saturated carbocycles. The van der Waals surface area contributed by atoms with E-state index in [-0.39, 0.29) is 0 Å². The Balaban J connectivity index is 2.43. The summed E-state index contributed by atoms with van der Waals surface area (Å²) in [7, 11) is 0.754. The average Bonchev–Trinajstić information content (AvgIpc) is 2.03. The highest BCUT2D eigenvalue weighted by atomic mass is 28.2. The van der Waals surface area contributed by atoms with Crippen LogP contribution in [-0.4, -0.2) is 21.2 Å². The van der Waals surface area contributed by atoms with Gasteiger partial charge in [0.2, 0.25) is 0 Å². The zero-order valence-electron chi connectivity index (χ0n) is 5.75. The van der Waals surface area contributed by atoms with Gasteiger partial charge in [0, 0.05) is 6.61 Å². The third-order valence-corrected chi connectivity index (χ3v) is 2.43. The minimum absolute atomic E-state index is 0.299. The van der Waals surface area contributed by atoms with Crippen LogP contribution in [0.2, 0.25) is 6.04 Å². The summed E-state index contributed by atoms with van der Waals surface area (Å²) in [5.41, 5.74) is 0. The summed E-state index contributed by atoms with van der Waals surface area (Å²) in [5.74, 6) is 0. The molecular formula is C8H10OSi. The first kappa shape index (κ1) is 7.50. The van der Waals surface area contributed by atoms with Gasteiger partial charge in [-0.2, -0.15) is 0 Å². The molecule has 0 spiro atoms. The molecule has 0 unspecified atom stereocenters. The third-order valence-electron chi connectivity index (χ3n) is 1.21. The molecule has 0 aromatic heterocycles. The van der Waals surface area contributed by atoms with Gasteiger partial charge in [-0.3, -0.25) is 0 Å². The van der Waals surface area contributed by atoms with E-state index in [0.29, 0.717) is 6.61 Å². The van der Waals surface area contributed by atoms with Gasteiger partial charge in [-0.1, -0.05) is 35.5 Å². The zero-order valence-corrected chi connectivity index (χ0v) is 6.75. The Morgan fingerprint density at radius 1 is 1.20 bits per heavy atom. The molecule has 0 heterocycles. The molecule has 1 aromatic carbocycles. The van der Waals surface area contributed by atoms with Crippen molar-refractivity contribution in [1.29, 1.82) is 0 Å². The Bertz CT molecular complexity index is 174. The molecular weight excluding hydrogens is 140 g/mol. The fourth-order valence-electron chi connectivity index (χ4n) is 0.756. The molecule has 0 amide bonds. The zero-order chi connectivity index (χ0) is 7.23. The van der Waals surface area contributed by atoms with Gasteiger partial charge in [0.05, 0.1) is 9.52 Å². The number of aliphatic hydroxyl groups is 1. The molecule has 0 aliphatic heterocycles. The van der Waals surface area contributed by atoms with Gasteiger partial charge in [0.15, 0.2) is 0 Å². The van der Waals surface area contributed by atoms with Crippen LogP contribution in [0.4, 0.5) is 0 Å². The smallest absolute Gasteiger partial charge is 0.0831 e. The van der Waals surface area contributed by atoms with Gasteiger partial charge in [-0.15, -0.1) is 0 Å². The Morgan fingerprint density at radius 3 is 2.50 bits per heavy atom. The molecule has 52 valence electrons. The van der Waals surface area contributed by atoms with E-state index >= 15 is 0 Å². The topological polar surface area (TPSA) is 20.2 Å². The Morgan fingerprint density at radius 2 is 1.90 bits per heavy atom. The van der Waals surface area contributed by atoms with E-state index in [1.54, 1.807) is 0 Å². The Labute approximate surface area is 63.5 Å². The number of hydrogen-bond donors (Lipinski definition) is 1. The quantitative estimate of drug-likeness (QED) is 0.619. The maximum Gasteiger partial charge on any atom is 0.0831 e. The van der Waals surface area contributed by atoms with Crippen LogP contribution in [-0.2, 0) is 0 Å². The van der Waals surface area contributed by atoms with E-state index in [1.807, 2.05) is 18.2 Å². The van der Waals surface area contributed by atoms with E-state index < -0.39 is 0 Å². The van der Waals surface area contributed by atoms with E-state index in [1.165, 1.54) is 5.19 Å². The lowest BCUT2D eigenvalue weighted by Crippen LogP contribution is -2.13. The van der Waals surface area contributed by atoms with Gasteiger partial charge >= 0.3 is 0 Å². The van der Waals surface area contributed by atoms with Crippen molar-refractivity contribution >= 4 is 14.7 Å². The van der Waals surface area contributed by atoms with Crippen LogP contribution in [0.1, 0.15) is 0 Å². The van der Waals surface area contributed by atoms with Crippen molar-refractivity contribution < 1.29 is 5.11 Å². The number of aliphatic hydroxyl groups excluding tert-OH is 1. The minimum Gasteiger partial charge on any atom is -0.397 e. The lowest BCUT2D eigenvalue weighted by Gasteiger charge is -1.94. The first-order chi connectivity index (χ1) is 4.93. The van der Waals surface area contributed by atoms with Crippen molar-refractivity contribution in [2.75, 3.05) is 6.61 Å². The minimum atomic E-state index is 0.299. The standard InChI is InChI=1S/C8H10OSi/c9-6-7-10-8-4-2-1-3-5-8/h1-5,9H,6-7H2.